The van der Waals surface area contributed by atoms with Gasteiger partial charge in [-0.2, -0.15) is 4.37 Å². The number of nitrogens with zero attached hydrogens (tertiary/aromatic N) is 1. The molecule has 1 amide bonds. The Morgan fingerprint density at radius 1 is 0.838 bits per heavy atom. The Bertz CT molecular complexity index is 1440. The molecule has 1 N–H and O–H groups in total. The number of aromatic nitrogens is 1. The topological polar surface area (TPSA) is 77.5 Å². The monoisotopic (exact) mass is 510 g/mol. The van der Waals surface area contributed by atoms with E-state index in [0.29, 0.717) is 12.2 Å². The van der Waals surface area contributed by atoms with Crippen LogP contribution in [0.1, 0.15) is 42.5 Å². The summed E-state index contributed by atoms with van der Waals surface area (Å²) in [5, 5.41) is 2.96. The van der Waals surface area contributed by atoms with Gasteiger partial charge in [-0.25, -0.2) is 4.79 Å². The Morgan fingerprint density at radius 3 is 2.00 bits per heavy atom. The number of hydrogen-bond donors (Lipinski definition) is 1. The highest BCUT2D eigenvalue weighted by atomic mass is 32.1. The average molecular weight is 511 g/mol. The van der Waals surface area contributed by atoms with Gasteiger partial charge in [0.15, 0.2) is 0 Å². The van der Waals surface area contributed by atoms with Gasteiger partial charge in [-0.3, -0.25) is 10.1 Å². The fourth-order valence-corrected chi connectivity index (χ4v) is 5.64. The summed E-state index contributed by atoms with van der Waals surface area (Å²) >= 11 is 1.36. The first-order valence-corrected chi connectivity index (χ1v) is 13.1. The lowest BCUT2D eigenvalue weighted by Gasteiger charge is -2.18. The van der Waals surface area contributed by atoms with Gasteiger partial charge in [0.2, 0.25) is 0 Å². The third-order valence-corrected chi connectivity index (χ3v) is 8.24. The molecule has 2 aliphatic rings. The quantitative estimate of drug-likeness (QED) is 0.254. The second-order valence-electron chi connectivity index (χ2n) is 9.71. The van der Waals surface area contributed by atoms with Crippen molar-refractivity contribution in [1.29, 1.82) is 0 Å². The van der Waals surface area contributed by atoms with E-state index in [-0.39, 0.29) is 0 Å². The largest absolute Gasteiger partial charge is 0.456 e. The number of benzene rings is 3. The molecule has 3 aromatic carbocycles. The van der Waals surface area contributed by atoms with Gasteiger partial charge in [0, 0.05) is 0 Å². The predicted octanol–water partition coefficient (Wildman–Crippen LogP) is 7.19. The molecule has 2 fully saturated rings. The number of anilines is 1. The molecule has 7 heteroatoms. The molecule has 37 heavy (non-hydrogen) atoms. The van der Waals surface area contributed by atoms with Crippen molar-refractivity contribution < 1.29 is 19.1 Å². The minimum absolute atomic E-state index is 0.432. The van der Waals surface area contributed by atoms with Gasteiger partial charge in [-0.05, 0) is 72.0 Å². The molecule has 0 bridgehead atoms. The van der Waals surface area contributed by atoms with Gasteiger partial charge < -0.3 is 9.47 Å². The van der Waals surface area contributed by atoms with Gasteiger partial charge in [0.1, 0.15) is 11.2 Å². The van der Waals surface area contributed by atoms with E-state index in [1.807, 2.05) is 61.5 Å². The Kier molecular flexibility index (Phi) is 5.80. The molecule has 1 aromatic heterocycles. The highest BCUT2D eigenvalue weighted by molar-refractivity contribution is 7.10. The van der Waals surface area contributed by atoms with Crippen molar-refractivity contribution in [2.24, 2.45) is 0 Å². The maximum atomic E-state index is 12.9. The smallest absolute Gasteiger partial charge is 0.412 e. The molecular weight excluding hydrogens is 484 g/mol. The van der Waals surface area contributed by atoms with Crippen molar-refractivity contribution in [3.05, 3.63) is 95.7 Å². The van der Waals surface area contributed by atoms with Gasteiger partial charge >= 0.3 is 6.09 Å². The van der Waals surface area contributed by atoms with E-state index >= 15 is 0 Å². The summed E-state index contributed by atoms with van der Waals surface area (Å²) in [5.41, 5.74) is 5.66. The lowest BCUT2D eigenvalue weighted by molar-refractivity contribution is -0.136. The van der Waals surface area contributed by atoms with Crippen LogP contribution in [0, 0.1) is 6.92 Å². The predicted molar refractivity (Wildman–Crippen MR) is 143 cm³/mol. The summed E-state index contributed by atoms with van der Waals surface area (Å²) in [6.07, 6.45) is 2.92. The lowest BCUT2D eigenvalue weighted by Crippen LogP contribution is -2.22. The van der Waals surface area contributed by atoms with E-state index in [2.05, 4.69) is 34.0 Å². The summed E-state index contributed by atoms with van der Waals surface area (Å²) < 4.78 is 15.7. The number of aryl methyl sites for hydroxylation is 1. The fourth-order valence-electron chi connectivity index (χ4n) is 4.78. The Morgan fingerprint density at radius 2 is 1.41 bits per heavy atom. The van der Waals surface area contributed by atoms with Gasteiger partial charge in [-0.1, -0.05) is 78.9 Å². The van der Waals surface area contributed by atoms with Crippen molar-refractivity contribution in [3.63, 3.8) is 0 Å². The Labute approximate surface area is 219 Å². The molecule has 0 spiro atoms. The highest BCUT2D eigenvalue weighted by Gasteiger charge is 2.49. The first-order chi connectivity index (χ1) is 18.0. The van der Waals surface area contributed by atoms with Crippen LogP contribution in [0.3, 0.4) is 0 Å². The van der Waals surface area contributed by atoms with Crippen molar-refractivity contribution in [1.82, 2.24) is 4.37 Å². The van der Waals surface area contributed by atoms with Crippen molar-refractivity contribution in [2.45, 2.75) is 43.8 Å². The molecule has 1 heterocycles. The van der Waals surface area contributed by atoms with Gasteiger partial charge in [-0.15, -0.1) is 0 Å². The third-order valence-electron chi connectivity index (χ3n) is 7.25. The summed E-state index contributed by atoms with van der Waals surface area (Å²) in [4.78, 5) is 24.6. The molecular formula is C30H26N2O4S. The fraction of sp³-hybridized carbons (Fsp3) is 0.233. The number of ether oxygens (including phenoxy) is 2. The van der Waals surface area contributed by atoms with E-state index in [1.165, 1.54) is 11.5 Å². The molecule has 0 radical (unpaired) electrons. The molecule has 4 aromatic rings. The SMILES string of the molecule is Cc1nsc(-c2ccc(-c3ccc(C4(OC=O)CC4)cc3)cc2)c1NC(=O)OC1(c2ccccc2)CC1. The van der Waals surface area contributed by atoms with Crippen molar-refractivity contribution in [3.8, 4) is 21.6 Å². The highest BCUT2D eigenvalue weighted by Crippen LogP contribution is 2.50. The van der Waals surface area contributed by atoms with Gasteiger partial charge in [0.05, 0.1) is 16.3 Å². The Balaban J connectivity index is 1.17. The van der Waals surface area contributed by atoms with Crippen LogP contribution in [0.25, 0.3) is 21.6 Å². The van der Waals surface area contributed by atoms with E-state index in [4.69, 9.17) is 9.47 Å². The molecule has 2 aliphatic carbocycles. The average Bonchev–Trinajstić information content (AvgIpc) is 3.85. The molecule has 2 saturated carbocycles. The molecule has 0 saturated heterocycles. The van der Waals surface area contributed by atoms with Crippen LogP contribution in [-0.2, 0) is 25.5 Å². The normalized spacial score (nSPS) is 16.5. The third kappa shape index (κ3) is 4.51. The molecule has 0 unspecified atom stereocenters. The van der Waals surface area contributed by atoms with Gasteiger partial charge in [0.25, 0.3) is 6.47 Å². The summed E-state index contributed by atoms with van der Waals surface area (Å²) in [6.45, 7) is 2.42. The molecule has 6 rings (SSSR count). The zero-order valence-electron chi connectivity index (χ0n) is 20.4. The van der Waals surface area contributed by atoms with Crippen LogP contribution >= 0.6 is 11.5 Å². The number of hydrogen-bond acceptors (Lipinski definition) is 6. The second-order valence-corrected chi connectivity index (χ2v) is 10.5. The van der Waals surface area contributed by atoms with Crippen LogP contribution in [0.4, 0.5) is 10.5 Å². The van der Waals surface area contributed by atoms with E-state index in [1.54, 1.807) is 0 Å². The van der Waals surface area contributed by atoms with Crippen LogP contribution in [0.15, 0.2) is 78.9 Å². The van der Waals surface area contributed by atoms with E-state index < -0.39 is 17.3 Å². The zero-order valence-corrected chi connectivity index (χ0v) is 21.2. The summed E-state index contributed by atoms with van der Waals surface area (Å²) in [7, 11) is 0. The zero-order chi connectivity index (χ0) is 25.5. The number of carbonyl (C=O) groups excluding carboxylic acids is 2. The molecule has 186 valence electrons. The summed E-state index contributed by atoms with van der Waals surface area (Å²) in [5.74, 6) is 0. The number of carbonyl (C=O) groups is 2. The van der Waals surface area contributed by atoms with E-state index in [0.717, 1.165) is 64.1 Å². The molecule has 0 atom stereocenters. The molecule has 0 aliphatic heterocycles. The van der Waals surface area contributed by atoms with Crippen molar-refractivity contribution in [2.75, 3.05) is 5.32 Å². The lowest BCUT2D eigenvalue weighted by atomic mass is 9.99. The number of nitrogens with one attached hydrogen (secondary N) is 1. The number of amides is 1. The van der Waals surface area contributed by atoms with Crippen LogP contribution in [0.5, 0.6) is 0 Å². The maximum Gasteiger partial charge on any atom is 0.412 e. The second kappa shape index (κ2) is 9.16. The first-order valence-electron chi connectivity index (χ1n) is 12.4. The maximum absolute atomic E-state index is 12.9. The Hall–Kier alpha value is -3.97. The molecule has 6 nitrogen and oxygen atoms in total. The first kappa shape index (κ1) is 23.4. The minimum atomic E-state index is -0.529. The van der Waals surface area contributed by atoms with Crippen LogP contribution in [-0.4, -0.2) is 16.9 Å². The van der Waals surface area contributed by atoms with Crippen LogP contribution < -0.4 is 5.32 Å². The number of rotatable bonds is 8. The van der Waals surface area contributed by atoms with Crippen molar-refractivity contribution >= 4 is 29.8 Å². The summed E-state index contributed by atoms with van der Waals surface area (Å²) in [6, 6.07) is 26.3. The minimum Gasteiger partial charge on any atom is -0.456 e. The van der Waals surface area contributed by atoms with E-state index in [9.17, 15) is 9.59 Å². The standard InChI is InChI=1S/C30H26N2O4S/c1-20-26(31-28(34)36-30(17-18-30)24-5-3-2-4-6-24)27(37-32-20)23-9-7-21(8-10-23)22-11-13-25(14-12-22)29(15-16-29)35-19-33/h2-14,19H,15-18H2,1H3,(H,31,34). The van der Waals surface area contributed by atoms with Crippen LogP contribution in [0.2, 0.25) is 0 Å².